The van der Waals surface area contributed by atoms with E-state index < -0.39 is 5.92 Å². The van der Waals surface area contributed by atoms with Gasteiger partial charge in [-0.1, -0.05) is 24.3 Å². The van der Waals surface area contributed by atoms with Gasteiger partial charge in [-0.3, -0.25) is 0 Å². The minimum atomic E-state index is -2.75. The van der Waals surface area contributed by atoms with Crippen LogP contribution in [-0.4, -0.2) is 5.88 Å². The largest absolute Gasteiger partial charge is 0.270 e. The number of hydrogen-bond acceptors (Lipinski definition) is 0. The van der Waals surface area contributed by atoms with Crippen molar-refractivity contribution in [3.05, 3.63) is 35.4 Å². The van der Waals surface area contributed by atoms with Crippen LogP contribution < -0.4 is 0 Å². The maximum atomic E-state index is 12.7. The molecule has 0 aliphatic heterocycles. The Kier molecular flexibility index (Phi) is 3.26. The molecule has 0 atom stereocenters. The van der Waals surface area contributed by atoms with Gasteiger partial charge in [0, 0.05) is 18.4 Å². The Morgan fingerprint density at radius 3 is 2.15 bits per heavy atom. The zero-order valence-electron chi connectivity index (χ0n) is 7.36. The van der Waals surface area contributed by atoms with E-state index in [1.165, 1.54) is 12.1 Å². The van der Waals surface area contributed by atoms with Gasteiger partial charge in [0.15, 0.2) is 0 Å². The van der Waals surface area contributed by atoms with Gasteiger partial charge in [0.2, 0.25) is 0 Å². The van der Waals surface area contributed by atoms with Gasteiger partial charge in [0.1, 0.15) is 0 Å². The molecule has 0 aliphatic rings. The van der Waals surface area contributed by atoms with E-state index in [1.807, 2.05) is 0 Å². The molecule has 0 fully saturated rings. The first kappa shape index (κ1) is 10.5. The molecular formula is C10H11ClF2. The number of rotatable bonds is 3. The van der Waals surface area contributed by atoms with Crippen molar-refractivity contribution in [1.82, 2.24) is 0 Å². The lowest BCUT2D eigenvalue weighted by molar-refractivity contribution is 0.0174. The molecule has 0 saturated heterocycles. The molecule has 1 aromatic rings. The lowest BCUT2D eigenvalue weighted by Crippen LogP contribution is -2.06. The third-order valence-corrected chi connectivity index (χ3v) is 2.03. The first-order valence-electron chi connectivity index (χ1n) is 4.07. The molecule has 0 aromatic heterocycles. The minimum absolute atomic E-state index is 0.0471. The molecular weight excluding hydrogens is 194 g/mol. The Hall–Kier alpha value is -0.630. The summed E-state index contributed by atoms with van der Waals surface area (Å²) in [6, 6.07) is 6.27. The van der Waals surface area contributed by atoms with Crippen LogP contribution in [0.3, 0.4) is 0 Å². The summed E-state index contributed by atoms with van der Waals surface area (Å²) in [7, 11) is 0. The highest BCUT2D eigenvalue weighted by molar-refractivity contribution is 6.17. The molecule has 0 radical (unpaired) electrons. The average molecular weight is 205 g/mol. The lowest BCUT2D eigenvalue weighted by atomic mass is 10.1. The van der Waals surface area contributed by atoms with E-state index in [2.05, 4.69) is 0 Å². The van der Waals surface area contributed by atoms with Crippen molar-refractivity contribution >= 4 is 11.6 Å². The molecule has 0 nitrogen and oxygen atoms in total. The van der Waals surface area contributed by atoms with Crippen LogP contribution in [0.1, 0.15) is 18.1 Å². The summed E-state index contributed by atoms with van der Waals surface area (Å²) in [4.78, 5) is 0. The molecule has 0 amide bonds. The highest BCUT2D eigenvalue weighted by Crippen LogP contribution is 2.26. The normalized spacial score (nSPS) is 11.7. The van der Waals surface area contributed by atoms with Gasteiger partial charge in [0.25, 0.3) is 5.92 Å². The van der Waals surface area contributed by atoms with E-state index in [0.717, 1.165) is 18.9 Å². The third kappa shape index (κ3) is 2.96. The Morgan fingerprint density at radius 1 is 1.23 bits per heavy atom. The van der Waals surface area contributed by atoms with E-state index in [0.29, 0.717) is 5.88 Å². The van der Waals surface area contributed by atoms with Gasteiger partial charge in [-0.2, -0.15) is 0 Å². The second-order valence-corrected chi connectivity index (χ2v) is 3.40. The fourth-order valence-electron chi connectivity index (χ4n) is 1.07. The van der Waals surface area contributed by atoms with E-state index in [1.54, 1.807) is 12.1 Å². The highest BCUT2D eigenvalue weighted by Gasteiger charge is 2.23. The number of alkyl halides is 3. The van der Waals surface area contributed by atoms with Crippen LogP contribution >= 0.6 is 11.6 Å². The summed E-state index contributed by atoms with van der Waals surface area (Å²) in [6.45, 7) is 0.892. The second-order valence-electron chi connectivity index (χ2n) is 3.02. The van der Waals surface area contributed by atoms with E-state index >= 15 is 0 Å². The molecule has 0 aliphatic carbocycles. The Balaban J connectivity index is 2.81. The number of benzene rings is 1. The summed E-state index contributed by atoms with van der Waals surface area (Å²) in [5.41, 5.74) is 1.04. The zero-order valence-corrected chi connectivity index (χ0v) is 8.11. The molecule has 1 aromatic carbocycles. The number of hydrogen-bond donors (Lipinski definition) is 0. The summed E-state index contributed by atoms with van der Waals surface area (Å²) in [6.07, 6.45) is 0.719. The van der Waals surface area contributed by atoms with Gasteiger partial charge < -0.3 is 0 Å². The Labute approximate surface area is 81.5 Å². The van der Waals surface area contributed by atoms with Crippen molar-refractivity contribution in [3.8, 4) is 0 Å². The van der Waals surface area contributed by atoms with Crippen molar-refractivity contribution in [2.75, 3.05) is 5.88 Å². The summed E-state index contributed by atoms with van der Waals surface area (Å²) < 4.78 is 25.5. The van der Waals surface area contributed by atoms with Crippen LogP contribution in [0.2, 0.25) is 0 Å². The van der Waals surface area contributed by atoms with Gasteiger partial charge in [-0.05, 0) is 12.0 Å². The van der Waals surface area contributed by atoms with Crippen LogP contribution in [0.15, 0.2) is 24.3 Å². The molecule has 0 bridgehead atoms. The SMILES string of the molecule is CC(F)(F)c1ccc(CCCl)cc1. The van der Waals surface area contributed by atoms with E-state index in [4.69, 9.17) is 11.6 Å². The van der Waals surface area contributed by atoms with Crippen molar-refractivity contribution in [1.29, 1.82) is 0 Å². The molecule has 0 spiro atoms. The maximum absolute atomic E-state index is 12.7. The monoisotopic (exact) mass is 204 g/mol. The third-order valence-electron chi connectivity index (χ3n) is 1.84. The topological polar surface area (TPSA) is 0 Å². The number of halogens is 3. The standard InChI is InChI=1S/C10H11ClF2/c1-10(12,13)9-4-2-8(3-5-9)6-7-11/h2-5H,6-7H2,1H3. The molecule has 0 N–H and O–H groups in total. The number of aryl methyl sites for hydroxylation is 1. The van der Waals surface area contributed by atoms with Crippen LogP contribution in [0, 0.1) is 0 Å². The van der Waals surface area contributed by atoms with Crippen molar-refractivity contribution in [2.45, 2.75) is 19.3 Å². The maximum Gasteiger partial charge on any atom is 0.270 e. The summed E-state index contributed by atoms with van der Waals surface area (Å²) in [5.74, 6) is -2.23. The fourth-order valence-corrected chi connectivity index (χ4v) is 1.29. The Bertz CT molecular complexity index is 261. The van der Waals surface area contributed by atoms with Crippen LogP contribution in [0.25, 0.3) is 0 Å². The molecule has 72 valence electrons. The molecule has 3 heteroatoms. The van der Waals surface area contributed by atoms with Crippen LogP contribution in [0.5, 0.6) is 0 Å². The zero-order chi connectivity index (χ0) is 9.90. The lowest BCUT2D eigenvalue weighted by Gasteiger charge is -2.10. The minimum Gasteiger partial charge on any atom is -0.202 e. The molecule has 13 heavy (non-hydrogen) atoms. The predicted molar refractivity (Wildman–Crippen MR) is 50.4 cm³/mol. The van der Waals surface area contributed by atoms with E-state index in [9.17, 15) is 8.78 Å². The van der Waals surface area contributed by atoms with Crippen molar-refractivity contribution < 1.29 is 8.78 Å². The second kappa shape index (κ2) is 4.05. The Morgan fingerprint density at radius 2 is 1.77 bits per heavy atom. The molecule has 0 saturated carbocycles. The average Bonchev–Trinajstić information content (AvgIpc) is 2.04. The molecule has 1 rings (SSSR count). The van der Waals surface area contributed by atoms with Gasteiger partial charge >= 0.3 is 0 Å². The predicted octanol–water partition coefficient (Wildman–Crippen LogP) is 3.58. The quantitative estimate of drug-likeness (QED) is 0.661. The fraction of sp³-hybridized carbons (Fsp3) is 0.400. The first-order valence-corrected chi connectivity index (χ1v) is 4.60. The van der Waals surface area contributed by atoms with Gasteiger partial charge in [-0.15, -0.1) is 11.6 Å². The molecule has 0 heterocycles. The summed E-state index contributed by atoms with van der Waals surface area (Å²) in [5, 5.41) is 0. The van der Waals surface area contributed by atoms with E-state index in [-0.39, 0.29) is 5.56 Å². The smallest absolute Gasteiger partial charge is 0.202 e. The highest BCUT2D eigenvalue weighted by atomic mass is 35.5. The van der Waals surface area contributed by atoms with Crippen molar-refractivity contribution in [2.24, 2.45) is 0 Å². The van der Waals surface area contributed by atoms with Crippen LogP contribution in [0.4, 0.5) is 8.78 Å². The van der Waals surface area contributed by atoms with Gasteiger partial charge in [-0.25, -0.2) is 8.78 Å². The molecule has 0 unspecified atom stereocenters. The first-order chi connectivity index (χ1) is 6.04. The van der Waals surface area contributed by atoms with Crippen molar-refractivity contribution in [3.63, 3.8) is 0 Å². The van der Waals surface area contributed by atoms with Gasteiger partial charge in [0.05, 0.1) is 0 Å². The summed E-state index contributed by atoms with van der Waals surface area (Å²) >= 11 is 5.52. The van der Waals surface area contributed by atoms with Crippen LogP contribution in [-0.2, 0) is 12.3 Å².